The summed E-state index contributed by atoms with van der Waals surface area (Å²) in [7, 11) is 3.54. The number of fused-ring (bicyclic) bond motifs is 1. The first-order valence-corrected chi connectivity index (χ1v) is 8.92. The van der Waals surface area contributed by atoms with E-state index >= 15 is 0 Å². The lowest BCUT2D eigenvalue weighted by Gasteiger charge is -2.22. The molecule has 0 saturated heterocycles. The van der Waals surface area contributed by atoms with Gasteiger partial charge in [0.2, 0.25) is 0 Å². The van der Waals surface area contributed by atoms with E-state index in [-0.39, 0.29) is 12.2 Å². The maximum absolute atomic E-state index is 12.2. The molecule has 1 aliphatic heterocycles. The number of rotatable bonds is 6. The molecule has 0 aliphatic carbocycles. The Labute approximate surface area is 155 Å². The normalized spacial score (nSPS) is 13.8. The van der Waals surface area contributed by atoms with Gasteiger partial charge in [0.1, 0.15) is 16.5 Å². The lowest BCUT2D eigenvalue weighted by molar-refractivity contribution is -0.118. The summed E-state index contributed by atoms with van der Waals surface area (Å²) < 4.78 is 10.6. The maximum atomic E-state index is 12.2. The van der Waals surface area contributed by atoms with E-state index in [1.807, 2.05) is 7.05 Å². The van der Waals surface area contributed by atoms with Crippen molar-refractivity contribution in [2.75, 3.05) is 32.6 Å². The molecule has 1 aromatic heterocycles. The molecule has 7 nitrogen and oxygen atoms in total. The predicted octanol–water partition coefficient (Wildman–Crippen LogP) is 2.46. The highest BCUT2D eigenvalue weighted by Crippen LogP contribution is 2.36. The molecule has 3 rings (SSSR count). The Bertz CT molecular complexity index is 833. The minimum Gasteiger partial charge on any atom is -0.497 e. The second kappa shape index (κ2) is 7.76. The van der Waals surface area contributed by atoms with Crippen molar-refractivity contribution in [3.63, 3.8) is 0 Å². The summed E-state index contributed by atoms with van der Waals surface area (Å²) in [6.45, 7) is 1.28. The highest BCUT2D eigenvalue weighted by molar-refractivity contribution is 7.17. The monoisotopic (exact) mass is 376 g/mol. The van der Waals surface area contributed by atoms with Crippen molar-refractivity contribution in [2.24, 2.45) is 0 Å². The van der Waals surface area contributed by atoms with Gasteiger partial charge < -0.3 is 24.8 Å². The zero-order chi connectivity index (χ0) is 18.7. The number of carboxylic acid groups (broad SMARTS) is 1. The average molecular weight is 376 g/mol. The Morgan fingerprint density at radius 3 is 2.85 bits per heavy atom. The molecule has 0 fully saturated rings. The summed E-state index contributed by atoms with van der Waals surface area (Å²) in [5.41, 5.74) is 1.03. The van der Waals surface area contributed by atoms with Crippen LogP contribution in [0.25, 0.3) is 0 Å². The molecular formula is C18H20N2O5S. The van der Waals surface area contributed by atoms with Crippen LogP contribution in [-0.2, 0) is 17.8 Å². The van der Waals surface area contributed by atoms with Gasteiger partial charge in [-0.15, -0.1) is 11.3 Å². The van der Waals surface area contributed by atoms with Gasteiger partial charge in [-0.25, -0.2) is 4.79 Å². The number of carbonyl (C=O) groups excluding carboxylic acids is 1. The van der Waals surface area contributed by atoms with Crippen LogP contribution in [0, 0.1) is 0 Å². The van der Waals surface area contributed by atoms with Gasteiger partial charge in [0.25, 0.3) is 5.91 Å². The molecule has 0 radical (unpaired) electrons. The summed E-state index contributed by atoms with van der Waals surface area (Å²) >= 11 is 1.32. The van der Waals surface area contributed by atoms with Crippen molar-refractivity contribution < 1.29 is 24.2 Å². The number of ether oxygens (including phenoxy) is 2. The Balaban J connectivity index is 1.70. The lowest BCUT2D eigenvalue weighted by atomic mass is 10.0. The van der Waals surface area contributed by atoms with Crippen LogP contribution in [0.5, 0.6) is 11.5 Å². The van der Waals surface area contributed by atoms with E-state index in [9.17, 15) is 14.7 Å². The van der Waals surface area contributed by atoms with Crippen LogP contribution < -0.4 is 14.8 Å². The Morgan fingerprint density at radius 1 is 1.35 bits per heavy atom. The quantitative estimate of drug-likeness (QED) is 0.805. The van der Waals surface area contributed by atoms with Gasteiger partial charge in [-0.1, -0.05) is 6.07 Å². The Morgan fingerprint density at radius 2 is 2.12 bits per heavy atom. The molecular weight excluding hydrogens is 356 g/mol. The van der Waals surface area contributed by atoms with Crippen LogP contribution >= 0.6 is 11.3 Å². The summed E-state index contributed by atoms with van der Waals surface area (Å²) in [6, 6.07) is 6.94. The zero-order valence-corrected chi connectivity index (χ0v) is 15.4. The smallest absolute Gasteiger partial charge is 0.339 e. The summed E-state index contributed by atoms with van der Waals surface area (Å²) in [6.07, 6.45) is 0.667. The van der Waals surface area contributed by atoms with Gasteiger partial charge in [-0.2, -0.15) is 0 Å². The number of carboxylic acids is 1. The standard InChI is InChI=1S/C18H20N2O5S/c1-20-7-6-13-14(9-20)26-17(16(13)18(22)23)19-15(21)10-25-12-5-3-4-11(8-12)24-2/h3-5,8H,6-7,9-10H2,1-2H3,(H,19,21)(H,22,23). The molecule has 0 spiro atoms. The molecule has 8 heteroatoms. The summed E-state index contributed by atoms with van der Waals surface area (Å²) in [4.78, 5) is 27.0. The highest BCUT2D eigenvalue weighted by Gasteiger charge is 2.27. The maximum Gasteiger partial charge on any atom is 0.339 e. The van der Waals surface area contributed by atoms with Crippen molar-refractivity contribution in [3.05, 3.63) is 40.3 Å². The van der Waals surface area contributed by atoms with E-state index < -0.39 is 11.9 Å². The number of benzene rings is 1. The van der Waals surface area contributed by atoms with Crippen molar-refractivity contribution in [1.82, 2.24) is 4.90 Å². The number of methoxy groups -OCH3 is 1. The average Bonchev–Trinajstić information content (AvgIpc) is 2.97. The molecule has 2 aromatic rings. The van der Waals surface area contributed by atoms with E-state index in [1.165, 1.54) is 11.3 Å². The van der Waals surface area contributed by atoms with E-state index in [0.717, 1.165) is 17.0 Å². The van der Waals surface area contributed by atoms with E-state index in [2.05, 4.69) is 10.2 Å². The molecule has 1 aromatic carbocycles. The molecule has 0 saturated carbocycles. The number of nitrogens with one attached hydrogen (secondary N) is 1. The summed E-state index contributed by atoms with van der Waals surface area (Å²) in [5, 5.41) is 12.6. The number of likely N-dealkylation sites (N-methyl/N-ethyl adjacent to an activating group) is 1. The number of amides is 1. The van der Waals surface area contributed by atoms with Crippen LogP contribution in [0.3, 0.4) is 0 Å². The molecule has 138 valence electrons. The second-order valence-electron chi connectivity index (χ2n) is 6.02. The number of thiophene rings is 1. The zero-order valence-electron chi connectivity index (χ0n) is 14.6. The fraction of sp³-hybridized carbons (Fsp3) is 0.333. The number of carbonyl (C=O) groups is 2. The van der Waals surface area contributed by atoms with E-state index in [4.69, 9.17) is 9.47 Å². The first-order valence-electron chi connectivity index (χ1n) is 8.11. The largest absolute Gasteiger partial charge is 0.497 e. The van der Waals surface area contributed by atoms with Crippen LogP contribution in [0.1, 0.15) is 20.8 Å². The highest BCUT2D eigenvalue weighted by atomic mass is 32.1. The van der Waals surface area contributed by atoms with Gasteiger partial charge in [0.15, 0.2) is 6.61 Å². The molecule has 26 heavy (non-hydrogen) atoms. The van der Waals surface area contributed by atoms with Crippen LogP contribution in [0.2, 0.25) is 0 Å². The number of hydrogen-bond donors (Lipinski definition) is 2. The topological polar surface area (TPSA) is 88.1 Å². The van der Waals surface area contributed by atoms with Gasteiger partial charge in [0.05, 0.1) is 12.7 Å². The third-order valence-electron chi connectivity index (χ3n) is 4.13. The summed E-state index contributed by atoms with van der Waals surface area (Å²) in [5.74, 6) is -0.283. The molecule has 1 amide bonds. The van der Waals surface area contributed by atoms with Crippen LogP contribution in [0.4, 0.5) is 5.00 Å². The minimum absolute atomic E-state index is 0.202. The molecule has 2 N–H and O–H groups in total. The molecule has 0 unspecified atom stereocenters. The molecule has 0 bridgehead atoms. The SMILES string of the molecule is COc1cccc(OCC(=O)Nc2sc3c(c2C(=O)O)CCN(C)C3)c1. The minimum atomic E-state index is -1.02. The van der Waals surface area contributed by atoms with Crippen molar-refractivity contribution in [2.45, 2.75) is 13.0 Å². The van der Waals surface area contributed by atoms with E-state index in [1.54, 1.807) is 31.4 Å². The van der Waals surface area contributed by atoms with Crippen LogP contribution in [0.15, 0.2) is 24.3 Å². The lowest BCUT2D eigenvalue weighted by Crippen LogP contribution is -2.26. The number of hydrogen-bond acceptors (Lipinski definition) is 6. The van der Waals surface area contributed by atoms with Gasteiger partial charge in [-0.05, 0) is 31.2 Å². The van der Waals surface area contributed by atoms with Gasteiger partial charge >= 0.3 is 5.97 Å². The first-order chi connectivity index (χ1) is 12.5. The van der Waals surface area contributed by atoms with Crippen LogP contribution in [-0.4, -0.2) is 49.2 Å². The second-order valence-corrected chi connectivity index (χ2v) is 7.12. The van der Waals surface area contributed by atoms with Crippen molar-refractivity contribution in [3.8, 4) is 11.5 Å². The van der Waals surface area contributed by atoms with Crippen molar-refractivity contribution >= 4 is 28.2 Å². The van der Waals surface area contributed by atoms with Gasteiger partial charge in [-0.3, -0.25) is 4.79 Å². The third kappa shape index (κ3) is 3.97. The fourth-order valence-electron chi connectivity index (χ4n) is 2.85. The number of nitrogens with zero attached hydrogens (tertiary/aromatic N) is 1. The molecule has 2 heterocycles. The number of anilines is 1. The Hall–Kier alpha value is -2.58. The van der Waals surface area contributed by atoms with E-state index in [0.29, 0.717) is 29.5 Å². The van der Waals surface area contributed by atoms with Crippen molar-refractivity contribution in [1.29, 1.82) is 0 Å². The van der Waals surface area contributed by atoms with Gasteiger partial charge in [0, 0.05) is 24.0 Å². The first kappa shape index (κ1) is 18.2. The third-order valence-corrected chi connectivity index (χ3v) is 5.26. The Kier molecular flexibility index (Phi) is 5.43. The predicted molar refractivity (Wildman–Crippen MR) is 98.4 cm³/mol. The number of aromatic carboxylic acids is 1. The fourth-order valence-corrected chi connectivity index (χ4v) is 4.18. The molecule has 1 aliphatic rings. The molecule has 0 atom stereocenters.